The Morgan fingerprint density at radius 3 is 2.35 bits per heavy atom. The maximum atomic E-state index is 9.29. The molecule has 1 N–H and O–H groups in total. The third-order valence-electron chi connectivity index (χ3n) is 4.10. The van der Waals surface area contributed by atoms with Gasteiger partial charge in [0, 0.05) is 16.5 Å². The fraction of sp³-hybridized carbons (Fsp3) is 0. The molecule has 0 fully saturated rings. The van der Waals surface area contributed by atoms with Gasteiger partial charge in [0.15, 0.2) is 0 Å². The monoisotopic (exact) mass is 295 g/mol. The molecule has 3 aromatic carbocycles. The number of benzene rings is 3. The third-order valence-corrected chi connectivity index (χ3v) is 4.10. The number of fused-ring (bicyclic) bond motifs is 3. The molecule has 0 aliphatic rings. The van der Waals surface area contributed by atoms with E-state index < -0.39 is 0 Å². The van der Waals surface area contributed by atoms with Gasteiger partial charge in [-0.1, -0.05) is 35.8 Å². The zero-order chi connectivity index (χ0) is 15.8. The molecule has 0 saturated heterocycles. The molecule has 23 heavy (non-hydrogen) atoms. The van der Waals surface area contributed by atoms with E-state index in [4.69, 9.17) is 5.26 Å². The first-order chi connectivity index (χ1) is 11.3. The summed E-state index contributed by atoms with van der Waals surface area (Å²) in [5, 5.41) is 20.5. The highest BCUT2D eigenvalue weighted by Gasteiger charge is 2.12. The Morgan fingerprint density at radius 1 is 0.870 bits per heavy atom. The second-order valence-corrected chi connectivity index (χ2v) is 5.42. The number of hydrogen-bond acceptors (Lipinski definition) is 2. The maximum Gasteiger partial charge on any atom is 0.326 e. The van der Waals surface area contributed by atoms with Crippen molar-refractivity contribution in [1.82, 2.24) is 4.57 Å². The van der Waals surface area contributed by atoms with Crippen molar-refractivity contribution in [3.05, 3.63) is 72.3 Å². The van der Waals surface area contributed by atoms with Crippen LogP contribution in [0, 0.1) is 11.3 Å². The first kappa shape index (κ1) is 13.6. The fourth-order valence-electron chi connectivity index (χ4n) is 3.03. The van der Waals surface area contributed by atoms with Crippen molar-refractivity contribution < 1.29 is 5.02 Å². The van der Waals surface area contributed by atoms with Crippen LogP contribution >= 0.6 is 0 Å². The van der Waals surface area contributed by atoms with Gasteiger partial charge < -0.3 is 9.59 Å². The molecular formula is C19H12BN2O. The molecule has 0 amide bonds. The number of hydrogen-bond donors (Lipinski definition) is 1. The Labute approximate surface area is 134 Å². The minimum absolute atomic E-state index is 0.645. The number of aromatic nitrogens is 1. The Kier molecular flexibility index (Phi) is 3.15. The quantitative estimate of drug-likeness (QED) is 0.578. The van der Waals surface area contributed by atoms with Crippen LogP contribution in [-0.4, -0.2) is 17.1 Å². The molecular weight excluding hydrogens is 283 g/mol. The largest absolute Gasteiger partial charge is 0.450 e. The molecule has 4 rings (SSSR count). The maximum absolute atomic E-state index is 9.29. The first-order valence-electron chi connectivity index (χ1n) is 7.33. The number of nitrogens with zero attached hydrogens (tertiary/aromatic N) is 2. The van der Waals surface area contributed by atoms with Crippen molar-refractivity contribution in [3.8, 4) is 11.8 Å². The lowest BCUT2D eigenvalue weighted by atomic mass is 9.88. The molecule has 0 unspecified atom stereocenters. The van der Waals surface area contributed by atoms with Crippen molar-refractivity contribution in [3.63, 3.8) is 0 Å². The topological polar surface area (TPSA) is 49.0 Å². The van der Waals surface area contributed by atoms with Crippen molar-refractivity contribution >= 4 is 34.8 Å². The van der Waals surface area contributed by atoms with Crippen molar-refractivity contribution in [2.75, 3.05) is 0 Å². The molecule has 3 nitrogen and oxygen atoms in total. The van der Waals surface area contributed by atoms with Gasteiger partial charge in [-0.3, -0.25) is 0 Å². The Bertz CT molecular complexity index is 1060. The van der Waals surface area contributed by atoms with E-state index in [1.54, 1.807) is 0 Å². The first-order valence-corrected chi connectivity index (χ1v) is 7.33. The Hall–Kier alpha value is -3.03. The average Bonchev–Trinajstić information content (AvgIpc) is 2.95. The van der Waals surface area contributed by atoms with Crippen molar-refractivity contribution in [2.45, 2.75) is 0 Å². The lowest BCUT2D eigenvalue weighted by molar-refractivity contribution is 0.615. The van der Waals surface area contributed by atoms with Gasteiger partial charge >= 0.3 is 7.48 Å². The molecule has 1 radical (unpaired) electrons. The van der Waals surface area contributed by atoms with Gasteiger partial charge in [0.1, 0.15) is 0 Å². The summed E-state index contributed by atoms with van der Waals surface area (Å²) >= 11 is 0. The van der Waals surface area contributed by atoms with Gasteiger partial charge in [-0.25, -0.2) is 0 Å². The summed E-state index contributed by atoms with van der Waals surface area (Å²) in [5.74, 6) is 0. The zero-order valence-corrected chi connectivity index (χ0v) is 12.3. The van der Waals surface area contributed by atoms with E-state index in [1.165, 1.54) is 0 Å². The SMILES string of the molecule is N#Cc1ccc(-n2c3ccccc3c3cc([B]O)ccc32)cc1. The van der Waals surface area contributed by atoms with Crippen LogP contribution < -0.4 is 5.46 Å². The molecule has 0 atom stereocenters. The highest BCUT2D eigenvalue weighted by molar-refractivity contribution is 6.46. The fourth-order valence-corrected chi connectivity index (χ4v) is 3.03. The molecule has 107 valence electrons. The zero-order valence-electron chi connectivity index (χ0n) is 12.3. The van der Waals surface area contributed by atoms with Gasteiger partial charge in [0.2, 0.25) is 0 Å². The number of rotatable bonds is 2. The molecule has 0 spiro atoms. The van der Waals surface area contributed by atoms with Gasteiger partial charge in [0.25, 0.3) is 0 Å². The highest BCUT2D eigenvalue weighted by atomic mass is 16.2. The standard InChI is InChI=1S/C19H12BN2O/c21-12-13-5-8-15(9-6-13)22-18-4-2-1-3-16(18)17-11-14(20-23)7-10-19(17)22/h1-11,23H. The van der Waals surface area contributed by atoms with E-state index in [0.717, 1.165) is 40.4 Å². The lowest BCUT2D eigenvalue weighted by Crippen LogP contribution is -2.12. The van der Waals surface area contributed by atoms with Crippen molar-refractivity contribution in [2.24, 2.45) is 0 Å². The van der Waals surface area contributed by atoms with E-state index in [9.17, 15) is 5.02 Å². The van der Waals surface area contributed by atoms with E-state index in [0.29, 0.717) is 5.56 Å². The molecule has 0 bridgehead atoms. The summed E-state index contributed by atoms with van der Waals surface area (Å²) in [4.78, 5) is 0. The van der Waals surface area contributed by atoms with Crippen LogP contribution in [0.2, 0.25) is 0 Å². The number of nitriles is 1. The average molecular weight is 295 g/mol. The van der Waals surface area contributed by atoms with Gasteiger partial charge in [-0.2, -0.15) is 5.26 Å². The summed E-state index contributed by atoms with van der Waals surface area (Å²) in [6, 6.07) is 23.8. The normalized spacial score (nSPS) is 10.8. The number of para-hydroxylation sites is 1. The van der Waals surface area contributed by atoms with E-state index in [1.807, 2.05) is 54.6 Å². The summed E-state index contributed by atoms with van der Waals surface area (Å²) in [6.07, 6.45) is 0. The molecule has 0 aliphatic carbocycles. The minimum Gasteiger partial charge on any atom is -0.450 e. The van der Waals surface area contributed by atoms with Crippen LogP contribution in [0.25, 0.3) is 27.5 Å². The van der Waals surface area contributed by atoms with E-state index >= 15 is 0 Å². The van der Waals surface area contributed by atoms with E-state index in [2.05, 4.69) is 22.8 Å². The summed E-state index contributed by atoms with van der Waals surface area (Å²) in [6.45, 7) is 0. The predicted octanol–water partition coefficient (Wildman–Crippen LogP) is 2.89. The minimum atomic E-state index is 0.645. The van der Waals surface area contributed by atoms with Crippen LogP contribution in [0.4, 0.5) is 0 Å². The summed E-state index contributed by atoms with van der Waals surface area (Å²) < 4.78 is 2.17. The smallest absolute Gasteiger partial charge is 0.326 e. The highest BCUT2D eigenvalue weighted by Crippen LogP contribution is 2.31. The van der Waals surface area contributed by atoms with Crippen LogP contribution in [0.15, 0.2) is 66.7 Å². The predicted molar refractivity (Wildman–Crippen MR) is 93.1 cm³/mol. The molecule has 0 aliphatic heterocycles. The van der Waals surface area contributed by atoms with Gasteiger partial charge in [-0.05, 0) is 36.4 Å². The molecule has 1 aromatic heterocycles. The molecule has 4 aromatic rings. The molecule has 4 heteroatoms. The third kappa shape index (κ3) is 2.10. The van der Waals surface area contributed by atoms with Crippen LogP contribution in [0.3, 0.4) is 0 Å². The van der Waals surface area contributed by atoms with Gasteiger partial charge in [-0.15, -0.1) is 0 Å². The van der Waals surface area contributed by atoms with Crippen LogP contribution in [0.1, 0.15) is 5.56 Å². The second-order valence-electron chi connectivity index (χ2n) is 5.42. The van der Waals surface area contributed by atoms with E-state index in [-0.39, 0.29) is 0 Å². The Balaban J connectivity index is 2.09. The molecule has 1 heterocycles. The van der Waals surface area contributed by atoms with Gasteiger partial charge in [0.05, 0.1) is 22.7 Å². The summed E-state index contributed by atoms with van der Waals surface area (Å²) in [7, 11) is 1.12. The van der Waals surface area contributed by atoms with Crippen LogP contribution in [-0.2, 0) is 0 Å². The van der Waals surface area contributed by atoms with Crippen molar-refractivity contribution in [1.29, 1.82) is 5.26 Å². The Morgan fingerprint density at radius 2 is 1.61 bits per heavy atom. The lowest BCUT2D eigenvalue weighted by Gasteiger charge is -2.07. The van der Waals surface area contributed by atoms with Crippen LogP contribution in [0.5, 0.6) is 0 Å². The second kappa shape index (κ2) is 5.31. The summed E-state index contributed by atoms with van der Waals surface area (Å²) in [5.41, 5.74) is 4.60. The molecule has 0 saturated carbocycles.